The van der Waals surface area contributed by atoms with Crippen LogP contribution in [0.2, 0.25) is 5.02 Å². The van der Waals surface area contributed by atoms with Crippen molar-refractivity contribution >= 4 is 23.4 Å². The maximum Gasteiger partial charge on any atom is 0.139 e. The lowest BCUT2D eigenvalue weighted by molar-refractivity contribution is 0.306. The highest BCUT2D eigenvalue weighted by molar-refractivity contribution is 7.99. The van der Waals surface area contributed by atoms with E-state index >= 15 is 0 Å². The summed E-state index contributed by atoms with van der Waals surface area (Å²) in [6.45, 7) is 5.40. The predicted octanol–water partition coefficient (Wildman–Crippen LogP) is 5.88. The van der Waals surface area contributed by atoms with Gasteiger partial charge in [0.1, 0.15) is 23.3 Å². The van der Waals surface area contributed by atoms with Gasteiger partial charge in [-0.1, -0.05) is 35.9 Å². The van der Waals surface area contributed by atoms with Crippen molar-refractivity contribution in [3.8, 4) is 0 Å². The first-order valence-corrected chi connectivity index (χ1v) is 8.49. The summed E-state index contributed by atoms with van der Waals surface area (Å²) in [4.78, 5) is 0.385. The third-order valence-corrected chi connectivity index (χ3v) is 5.28. The van der Waals surface area contributed by atoms with Gasteiger partial charge < -0.3 is 4.74 Å². The van der Waals surface area contributed by atoms with Crippen molar-refractivity contribution in [3.05, 3.63) is 76.8 Å². The number of hydrogen-bond acceptors (Lipinski definition) is 2. The van der Waals surface area contributed by atoms with E-state index in [0.29, 0.717) is 21.2 Å². The topological polar surface area (TPSA) is 12.5 Å². The fourth-order valence-electron chi connectivity index (χ4n) is 2.63. The van der Waals surface area contributed by atoms with Gasteiger partial charge in [0.15, 0.2) is 0 Å². The molecule has 0 spiro atoms. The van der Waals surface area contributed by atoms with E-state index in [1.165, 1.54) is 17.8 Å². The van der Waals surface area contributed by atoms with E-state index in [4.69, 9.17) is 16.3 Å². The molecule has 0 saturated carbocycles. The molecule has 1 nitrogen and oxygen atoms in total. The number of ether oxygens (including phenoxy) is 1. The first kappa shape index (κ1) is 16.5. The summed E-state index contributed by atoms with van der Waals surface area (Å²) in [5.41, 5.74) is 0.308. The lowest BCUT2D eigenvalue weighted by atomic mass is 9.93. The fraction of sp³-hybridized carbons (Fsp3) is 0.222. The van der Waals surface area contributed by atoms with Crippen molar-refractivity contribution in [1.82, 2.24) is 0 Å². The molecule has 0 N–H and O–H groups in total. The van der Waals surface area contributed by atoms with Crippen molar-refractivity contribution in [3.63, 3.8) is 0 Å². The number of thioether (sulfide) groups is 1. The van der Waals surface area contributed by atoms with Crippen LogP contribution >= 0.6 is 23.4 Å². The lowest BCUT2D eigenvalue weighted by Gasteiger charge is -2.12. The molecule has 2 atom stereocenters. The molecule has 1 aliphatic rings. The van der Waals surface area contributed by atoms with Gasteiger partial charge in [-0.3, -0.25) is 0 Å². The van der Waals surface area contributed by atoms with Crippen molar-refractivity contribution in [2.45, 2.75) is 23.5 Å². The molecule has 1 saturated heterocycles. The monoisotopic (exact) mass is 352 g/mol. The second-order valence-corrected chi connectivity index (χ2v) is 6.96. The smallest absolute Gasteiger partial charge is 0.139 e. The zero-order chi connectivity index (χ0) is 16.6. The number of epoxide rings is 1. The van der Waals surface area contributed by atoms with E-state index in [1.807, 2.05) is 18.2 Å². The third kappa shape index (κ3) is 3.03. The third-order valence-electron chi connectivity index (χ3n) is 3.91. The minimum atomic E-state index is -0.841. The Labute approximate surface area is 143 Å². The number of rotatable bonds is 5. The molecule has 23 heavy (non-hydrogen) atoms. The Bertz CT molecular complexity index is 765. The van der Waals surface area contributed by atoms with Crippen LogP contribution in [0.5, 0.6) is 0 Å². The summed E-state index contributed by atoms with van der Waals surface area (Å²) in [7, 11) is 0. The molecule has 1 heterocycles. The van der Waals surface area contributed by atoms with Crippen LogP contribution in [0.3, 0.4) is 0 Å². The van der Waals surface area contributed by atoms with Crippen LogP contribution in [0.1, 0.15) is 24.2 Å². The van der Waals surface area contributed by atoms with Crippen LogP contribution in [0.4, 0.5) is 8.78 Å². The van der Waals surface area contributed by atoms with Gasteiger partial charge in [-0.05, 0) is 19.1 Å². The normalized spacial score (nSPS) is 22.9. The quantitative estimate of drug-likeness (QED) is 0.378. The highest BCUT2D eigenvalue weighted by Gasteiger charge is 2.56. The minimum Gasteiger partial charge on any atom is -0.356 e. The largest absolute Gasteiger partial charge is 0.356 e. The number of halogens is 3. The average molecular weight is 353 g/mol. The van der Waals surface area contributed by atoms with Gasteiger partial charge in [0, 0.05) is 32.9 Å². The Morgan fingerprint density at radius 1 is 1.30 bits per heavy atom. The highest BCUT2D eigenvalue weighted by Crippen LogP contribution is 2.58. The van der Waals surface area contributed by atoms with E-state index in [1.54, 1.807) is 19.1 Å². The van der Waals surface area contributed by atoms with Gasteiger partial charge in [0.25, 0.3) is 0 Å². The standard InChI is InChI=1S/C18H15ClF2OS/c1-3-8-23-16-9-12(14(20)10-15(16)21)18(2)17(22-18)11-6-4-5-7-13(11)19/h3-7,9-10,17H,1,8H2,2H3/t17-,18-/m1/s1. The van der Waals surface area contributed by atoms with Crippen molar-refractivity contribution < 1.29 is 13.5 Å². The molecular formula is C18H15ClF2OS. The van der Waals surface area contributed by atoms with Crippen LogP contribution < -0.4 is 0 Å². The molecule has 3 rings (SSSR count). The van der Waals surface area contributed by atoms with Gasteiger partial charge in [-0.25, -0.2) is 8.78 Å². The molecule has 1 aliphatic heterocycles. The summed E-state index contributed by atoms with van der Waals surface area (Å²) in [6.07, 6.45) is 1.34. The van der Waals surface area contributed by atoms with Gasteiger partial charge in [-0.15, -0.1) is 18.3 Å². The van der Waals surface area contributed by atoms with Crippen LogP contribution in [0.25, 0.3) is 0 Å². The summed E-state index contributed by atoms with van der Waals surface area (Å²) in [5.74, 6) is -0.632. The zero-order valence-corrected chi connectivity index (χ0v) is 14.1. The van der Waals surface area contributed by atoms with Gasteiger partial charge in [0.2, 0.25) is 0 Å². The second-order valence-electron chi connectivity index (χ2n) is 5.49. The van der Waals surface area contributed by atoms with E-state index in [9.17, 15) is 8.78 Å². The molecule has 2 aromatic carbocycles. The second kappa shape index (κ2) is 6.27. The van der Waals surface area contributed by atoms with Crippen molar-refractivity contribution in [2.24, 2.45) is 0 Å². The molecule has 0 aromatic heterocycles. The molecular weight excluding hydrogens is 338 g/mol. The molecule has 120 valence electrons. The van der Waals surface area contributed by atoms with Crippen LogP contribution in [-0.4, -0.2) is 5.75 Å². The molecule has 1 fully saturated rings. The average Bonchev–Trinajstić information content (AvgIpc) is 3.19. The molecule has 0 bridgehead atoms. The molecule has 5 heteroatoms. The molecule has 0 aliphatic carbocycles. The Balaban J connectivity index is 1.96. The first-order valence-electron chi connectivity index (χ1n) is 7.13. The molecule has 0 radical (unpaired) electrons. The zero-order valence-electron chi connectivity index (χ0n) is 12.5. The van der Waals surface area contributed by atoms with Gasteiger partial charge in [-0.2, -0.15) is 0 Å². The van der Waals surface area contributed by atoms with Gasteiger partial charge >= 0.3 is 0 Å². The summed E-state index contributed by atoms with van der Waals surface area (Å²) in [6, 6.07) is 9.75. The Kier molecular flexibility index (Phi) is 4.50. The fourth-order valence-corrected chi connectivity index (χ4v) is 3.56. The SMILES string of the molecule is C=CCSc1cc([C@@]2(C)O[C@@H]2c2ccccc2Cl)c(F)cc1F. The summed E-state index contributed by atoms with van der Waals surface area (Å²) < 4.78 is 33.9. The molecule has 0 unspecified atom stereocenters. The lowest BCUT2D eigenvalue weighted by Crippen LogP contribution is -2.09. The summed E-state index contributed by atoms with van der Waals surface area (Å²) in [5, 5.41) is 0.574. The Hall–Kier alpha value is -1.36. The minimum absolute atomic E-state index is 0.339. The molecule has 2 aromatic rings. The first-order chi connectivity index (χ1) is 11.0. The summed E-state index contributed by atoms with van der Waals surface area (Å²) >= 11 is 7.46. The van der Waals surface area contributed by atoms with Crippen LogP contribution in [-0.2, 0) is 10.3 Å². The molecule has 0 amide bonds. The number of hydrogen-bond donors (Lipinski definition) is 0. The predicted molar refractivity (Wildman–Crippen MR) is 89.9 cm³/mol. The van der Waals surface area contributed by atoms with E-state index in [-0.39, 0.29) is 6.10 Å². The van der Waals surface area contributed by atoms with E-state index in [2.05, 4.69) is 6.58 Å². The van der Waals surface area contributed by atoms with E-state index in [0.717, 1.165) is 11.6 Å². The number of benzene rings is 2. The van der Waals surface area contributed by atoms with Gasteiger partial charge in [0.05, 0.1) is 0 Å². The maximum absolute atomic E-state index is 14.3. The Morgan fingerprint density at radius 3 is 2.74 bits per heavy atom. The van der Waals surface area contributed by atoms with Crippen molar-refractivity contribution in [1.29, 1.82) is 0 Å². The highest BCUT2D eigenvalue weighted by atomic mass is 35.5. The maximum atomic E-state index is 14.3. The van der Waals surface area contributed by atoms with Crippen LogP contribution in [0.15, 0.2) is 53.9 Å². The van der Waals surface area contributed by atoms with E-state index < -0.39 is 17.2 Å². The van der Waals surface area contributed by atoms with Crippen LogP contribution in [0, 0.1) is 11.6 Å². The Morgan fingerprint density at radius 2 is 2.04 bits per heavy atom. The van der Waals surface area contributed by atoms with Crippen molar-refractivity contribution in [2.75, 3.05) is 5.75 Å².